The van der Waals surface area contributed by atoms with Gasteiger partial charge in [0.15, 0.2) is 0 Å². The molecule has 0 aromatic heterocycles. The molecule has 1 rings (SSSR count). The number of aryl methyl sites for hydroxylation is 1. The Morgan fingerprint density at radius 3 is 2.63 bits per heavy atom. The summed E-state index contributed by atoms with van der Waals surface area (Å²) in [6.07, 6.45) is 0.516. The molecule has 0 aliphatic carbocycles. The Kier molecular flexibility index (Phi) is 5.75. The predicted octanol–water partition coefficient (Wildman–Crippen LogP) is 2.26. The van der Waals surface area contributed by atoms with Crippen molar-refractivity contribution in [3.8, 4) is 0 Å². The van der Waals surface area contributed by atoms with Crippen LogP contribution in [0.4, 0.5) is 10.1 Å². The maximum Gasteiger partial charge on any atom is 0.232 e. The molecule has 1 aromatic rings. The Morgan fingerprint density at radius 2 is 2.00 bits per heavy atom. The van der Waals surface area contributed by atoms with Crippen LogP contribution in [0.2, 0.25) is 0 Å². The summed E-state index contributed by atoms with van der Waals surface area (Å²) in [6.45, 7) is 6.38. The van der Waals surface area contributed by atoms with Crippen LogP contribution < -0.4 is 10.0 Å². The predicted molar refractivity (Wildman–Crippen MR) is 76.3 cm³/mol. The molecular weight excluding hydrogens is 267 g/mol. The summed E-state index contributed by atoms with van der Waals surface area (Å²) in [5.41, 5.74) is 1.00. The highest BCUT2D eigenvalue weighted by atomic mass is 32.2. The lowest BCUT2D eigenvalue weighted by atomic mass is 10.2. The fraction of sp³-hybridized carbons (Fsp3) is 0.538. The zero-order chi connectivity index (χ0) is 14.5. The Bertz CT molecular complexity index is 515. The molecular formula is C13H21FN2O2S. The van der Waals surface area contributed by atoms with Crippen molar-refractivity contribution >= 4 is 15.7 Å². The van der Waals surface area contributed by atoms with Crippen molar-refractivity contribution in [1.29, 1.82) is 0 Å². The molecule has 108 valence electrons. The average molecular weight is 288 g/mol. The second kappa shape index (κ2) is 6.86. The molecule has 0 fully saturated rings. The molecule has 1 aromatic carbocycles. The fourth-order valence-electron chi connectivity index (χ4n) is 1.58. The lowest BCUT2D eigenvalue weighted by Gasteiger charge is -2.11. The normalized spacial score (nSPS) is 11.8. The molecule has 0 atom stereocenters. The van der Waals surface area contributed by atoms with E-state index in [-0.39, 0.29) is 5.75 Å². The summed E-state index contributed by atoms with van der Waals surface area (Å²) in [4.78, 5) is 0. The minimum atomic E-state index is -3.43. The van der Waals surface area contributed by atoms with E-state index < -0.39 is 15.8 Å². The molecule has 0 spiro atoms. The van der Waals surface area contributed by atoms with Gasteiger partial charge in [0.1, 0.15) is 5.82 Å². The van der Waals surface area contributed by atoms with Crippen LogP contribution in [-0.4, -0.2) is 26.8 Å². The number of rotatable bonds is 7. The van der Waals surface area contributed by atoms with Crippen LogP contribution in [0.15, 0.2) is 18.2 Å². The van der Waals surface area contributed by atoms with Crippen LogP contribution in [0, 0.1) is 12.7 Å². The van der Waals surface area contributed by atoms with Gasteiger partial charge in [-0.05, 0) is 37.6 Å². The average Bonchev–Trinajstić information content (AvgIpc) is 2.29. The first kappa shape index (κ1) is 15.9. The van der Waals surface area contributed by atoms with Gasteiger partial charge in [-0.2, -0.15) is 0 Å². The first-order valence-electron chi connectivity index (χ1n) is 6.30. The van der Waals surface area contributed by atoms with E-state index in [0.29, 0.717) is 30.3 Å². The van der Waals surface area contributed by atoms with Gasteiger partial charge in [-0.1, -0.05) is 19.9 Å². The zero-order valence-corrected chi connectivity index (χ0v) is 12.3. The third-order valence-corrected chi connectivity index (χ3v) is 3.96. The van der Waals surface area contributed by atoms with Crippen molar-refractivity contribution in [3.63, 3.8) is 0 Å². The van der Waals surface area contributed by atoms with Crippen molar-refractivity contribution in [2.45, 2.75) is 33.2 Å². The molecule has 0 unspecified atom stereocenters. The lowest BCUT2D eigenvalue weighted by Crippen LogP contribution is -2.26. The fourth-order valence-corrected chi connectivity index (χ4v) is 2.76. The standard InChI is InChI=1S/C13H21FN2O2S/c1-10(2)15-7-4-8-19(17,18)16-13-9-12(14)6-5-11(13)3/h5-6,9-10,15-16H,4,7-8H2,1-3H3. The van der Waals surface area contributed by atoms with E-state index in [2.05, 4.69) is 10.0 Å². The molecule has 6 heteroatoms. The highest BCUT2D eigenvalue weighted by Gasteiger charge is 2.12. The Morgan fingerprint density at radius 1 is 1.32 bits per heavy atom. The molecule has 0 heterocycles. The SMILES string of the molecule is Cc1ccc(F)cc1NS(=O)(=O)CCCNC(C)C. The molecule has 0 aliphatic heterocycles. The van der Waals surface area contributed by atoms with Crippen LogP contribution >= 0.6 is 0 Å². The van der Waals surface area contributed by atoms with Crippen molar-refractivity contribution < 1.29 is 12.8 Å². The molecule has 0 bridgehead atoms. The van der Waals surface area contributed by atoms with E-state index in [1.165, 1.54) is 12.1 Å². The van der Waals surface area contributed by atoms with Crippen LogP contribution in [0.5, 0.6) is 0 Å². The summed E-state index contributed by atoms with van der Waals surface area (Å²) in [7, 11) is -3.43. The highest BCUT2D eigenvalue weighted by molar-refractivity contribution is 7.92. The lowest BCUT2D eigenvalue weighted by molar-refractivity contribution is 0.571. The smallest absolute Gasteiger partial charge is 0.232 e. The molecule has 0 amide bonds. The second-order valence-corrected chi connectivity index (χ2v) is 6.68. The Labute approximate surface area is 114 Å². The number of halogens is 1. The minimum Gasteiger partial charge on any atom is -0.314 e. The third kappa shape index (κ3) is 6.02. The van der Waals surface area contributed by atoms with E-state index >= 15 is 0 Å². The van der Waals surface area contributed by atoms with Crippen molar-refractivity contribution in [3.05, 3.63) is 29.6 Å². The second-order valence-electron chi connectivity index (χ2n) is 4.84. The van der Waals surface area contributed by atoms with Gasteiger partial charge >= 0.3 is 0 Å². The van der Waals surface area contributed by atoms with E-state index in [1.807, 2.05) is 13.8 Å². The van der Waals surface area contributed by atoms with E-state index in [4.69, 9.17) is 0 Å². The van der Waals surface area contributed by atoms with Gasteiger partial charge in [-0.25, -0.2) is 12.8 Å². The van der Waals surface area contributed by atoms with Gasteiger partial charge in [0, 0.05) is 6.04 Å². The molecule has 2 N–H and O–H groups in total. The van der Waals surface area contributed by atoms with Crippen molar-refractivity contribution in [2.24, 2.45) is 0 Å². The number of nitrogens with one attached hydrogen (secondary N) is 2. The summed E-state index contributed by atoms with van der Waals surface area (Å²) < 4.78 is 39.2. The van der Waals surface area contributed by atoms with E-state index in [1.54, 1.807) is 13.0 Å². The van der Waals surface area contributed by atoms with Crippen LogP contribution in [0.1, 0.15) is 25.8 Å². The Balaban J connectivity index is 2.57. The molecule has 19 heavy (non-hydrogen) atoms. The number of sulfonamides is 1. The van der Waals surface area contributed by atoms with Gasteiger partial charge in [0.25, 0.3) is 0 Å². The molecule has 0 saturated carbocycles. The van der Waals surface area contributed by atoms with Gasteiger partial charge in [-0.3, -0.25) is 4.72 Å². The number of benzene rings is 1. The summed E-state index contributed by atoms with van der Waals surface area (Å²) in [5.74, 6) is -0.437. The van der Waals surface area contributed by atoms with Gasteiger partial charge < -0.3 is 5.32 Å². The molecule has 0 saturated heterocycles. The first-order valence-corrected chi connectivity index (χ1v) is 7.95. The zero-order valence-electron chi connectivity index (χ0n) is 11.5. The van der Waals surface area contributed by atoms with Gasteiger partial charge in [-0.15, -0.1) is 0 Å². The maximum atomic E-state index is 13.1. The van der Waals surface area contributed by atoms with Crippen LogP contribution in [0.3, 0.4) is 0 Å². The van der Waals surface area contributed by atoms with E-state index in [9.17, 15) is 12.8 Å². The van der Waals surface area contributed by atoms with Crippen LogP contribution in [-0.2, 0) is 10.0 Å². The van der Waals surface area contributed by atoms with Gasteiger partial charge in [0.2, 0.25) is 10.0 Å². The number of anilines is 1. The summed E-state index contributed by atoms with van der Waals surface area (Å²) in [5, 5.41) is 3.15. The molecule has 0 radical (unpaired) electrons. The minimum absolute atomic E-state index is 0.0165. The largest absolute Gasteiger partial charge is 0.314 e. The summed E-state index contributed by atoms with van der Waals surface area (Å²) >= 11 is 0. The quantitative estimate of drug-likeness (QED) is 0.757. The van der Waals surface area contributed by atoms with Gasteiger partial charge in [0.05, 0.1) is 11.4 Å². The summed E-state index contributed by atoms with van der Waals surface area (Å²) in [6, 6.07) is 4.38. The third-order valence-electron chi connectivity index (χ3n) is 2.61. The van der Waals surface area contributed by atoms with Crippen molar-refractivity contribution in [2.75, 3.05) is 17.0 Å². The number of hydrogen-bond acceptors (Lipinski definition) is 3. The number of hydrogen-bond donors (Lipinski definition) is 2. The van der Waals surface area contributed by atoms with Crippen LogP contribution in [0.25, 0.3) is 0 Å². The van der Waals surface area contributed by atoms with E-state index in [0.717, 1.165) is 0 Å². The maximum absolute atomic E-state index is 13.1. The Hall–Kier alpha value is -1.14. The first-order chi connectivity index (χ1) is 8.80. The monoisotopic (exact) mass is 288 g/mol. The topological polar surface area (TPSA) is 58.2 Å². The molecule has 4 nitrogen and oxygen atoms in total. The van der Waals surface area contributed by atoms with Crippen molar-refractivity contribution in [1.82, 2.24) is 5.32 Å². The highest BCUT2D eigenvalue weighted by Crippen LogP contribution is 2.17. The molecule has 0 aliphatic rings.